The Morgan fingerprint density at radius 1 is 1.26 bits per heavy atom. The van der Waals surface area contributed by atoms with Gasteiger partial charge in [-0.05, 0) is 36.6 Å². The number of halogens is 1. The molecule has 5 nitrogen and oxygen atoms in total. The van der Waals surface area contributed by atoms with Gasteiger partial charge >= 0.3 is 0 Å². The quantitative estimate of drug-likeness (QED) is 0.389. The maximum absolute atomic E-state index is 12.6. The number of nitriles is 1. The number of sulfone groups is 1. The van der Waals surface area contributed by atoms with Crippen LogP contribution in [0.5, 0.6) is 0 Å². The lowest BCUT2D eigenvalue weighted by Gasteiger charge is -2.07. The van der Waals surface area contributed by atoms with E-state index in [2.05, 4.69) is 10.3 Å². The van der Waals surface area contributed by atoms with E-state index in [1.807, 2.05) is 0 Å². The Balaban J connectivity index is 2.43. The van der Waals surface area contributed by atoms with Crippen molar-refractivity contribution in [1.82, 2.24) is 5.32 Å². The fraction of sp³-hybridized carbons (Fsp3) is 0.0667. The molecule has 0 aliphatic heterocycles. The van der Waals surface area contributed by atoms with Crippen LogP contribution in [0.4, 0.5) is 5.69 Å². The zero-order chi connectivity index (χ0) is 16.9. The number of aliphatic imine (C=N–C) groups is 1. The summed E-state index contributed by atoms with van der Waals surface area (Å²) in [5.74, 6) is 0. The summed E-state index contributed by atoms with van der Waals surface area (Å²) in [6.45, 7) is 0. The van der Waals surface area contributed by atoms with Gasteiger partial charge in [0.25, 0.3) is 0 Å². The first-order chi connectivity index (χ1) is 11.0. The van der Waals surface area contributed by atoms with Crippen molar-refractivity contribution in [2.75, 3.05) is 6.26 Å². The van der Waals surface area contributed by atoms with Crippen molar-refractivity contribution in [3.63, 3.8) is 0 Å². The van der Waals surface area contributed by atoms with Crippen molar-refractivity contribution in [1.29, 1.82) is 5.26 Å². The Morgan fingerprint density at radius 2 is 1.96 bits per heavy atom. The van der Waals surface area contributed by atoms with Crippen LogP contribution in [-0.2, 0) is 9.84 Å². The SMILES string of the molecule is CSC(=Nc1ccc(S(=O)(=O)c2ccccc2)c(Cl)c1)NC#N. The average Bonchev–Trinajstić information content (AvgIpc) is 2.55. The van der Waals surface area contributed by atoms with Crippen LogP contribution in [0, 0.1) is 11.5 Å². The number of nitrogens with zero attached hydrogens (tertiary/aromatic N) is 2. The van der Waals surface area contributed by atoms with Gasteiger partial charge in [-0.1, -0.05) is 41.6 Å². The standard InChI is InChI=1S/C15H12ClN3O2S2/c1-22-15(18-10-17)19-11-7-8-14(13(16)9-11)23(20,21)12-5-3-2-4-6-12/h2-9H,1H3,(H,18,19). The summed E-state index contributed by atoms with van der Waals surface area (Å²) in [5, 5.41) is 11.5. The highest BCUT2D eigenvalue weighted by Gasteiger charge is 2.20. The summed E-state index contributed by atoms with van der Waals surface area (Å²) in [7, 11) is -3.68. The largest absolute Gasteiger partial charge is 0.271 e. The predicted octanol–water partition coefficient (Wildman–Crippen LogP) is 3.59. The van der Waals surface area contributed by atoms with Crippen molar-refractivity contribution >= 4 is 44.1 Å². The Morgan fingerprint density at radius 3 is 2.52 bits per heavy atom. The summed E-state index contributed by atoms with van der Waals surface area (Å²) in [4.78, 5) is 4.38. The average molecular weight is 366 g/mol. The van der Waals surface area contributed by atoms with Crippen LogP contribution in [0.15, 0.2) is 63.3 Å². The number of hydrogen-bond acceptors (Lipinski definition) is 5. The summed E-state index contributed by atoms with van der Waals surface area (Å²) in [6.07, 6.45) is 3.54. The third-order valence-electron chi connectivity index (χ3n) is 2.85. The van der Waals surface area contributed by atoms with Gasteiger partial charge in [-0.15, -0.1) is 0 Å². The Hall–Kier alpha value is -2.01. The van der Waals surface area contributed by atoms with Gasteiger partial charge in [0.15, 0.2) is 11.4 Å². The maximum Gasteiger partial charge on any atom is 0.208 e. The van der Waals surface area contributed by atoms with Gasteiger partial charge in [0.2, 0.25) is 9.84 Å². The molecule has 0 aliphatic rings. The van der Waals surface area contributed by atoms with Crippen LogP contribution in [0.3, 0.4) is 0 Å². The molecule has 0 heterocycles. The molecule has 0 spiro atoms. The number of benzene rings is 2. The molecule has 2 aromatic carbocycles. The van der Waals surface area contributed by atoms with Gasteiger partial charge in [0.1, 0.15) is 0 Å². The van der Waals surface area contributed by atoms with Gasteiger partial charge in [-0.2, -0.15) is 5.26 Å². The minimum absolute atomic E-state index is 0.0169. The first-order valence-electron chi connectivity index (χ1n) is 6.36. The summed E-state index contributed by atoms with van der Waals surface area (Å²) in [5.41, 5.74) is 0.453. The molecule has 0 aliphatic carbocycles. The zero-order valence-electron chi connectivity index (χ0n) is 12.0. The van der Waals surface area contributed by atoms with Crippen LogP contribution in [-0.4, -0.2) is 19.8 Å². The van der Waals surface area contributed by atoms with E-state index in [1.54, 1.807) is 30.6 Å². The van der Waals surface area contributed by atoms with Crippen LogP contribution >= 0.6 is 23.4 Å². The molecule has 23 heavy (non-hydrogen) atoms. The van der Waals surface area contributed by atoms with E-state index < -0.39 is 9.84 Å². The molecule has 2 aromatic rings. The highest BCUT2D eigenvalue weighted by Crippen LogP contribution is 2.31. The highest BCUT2D eigenvalue weighted by molar-refractivity contribution is 8.13. The van der Waals surface area contributed by atoms with Gasteiger partial charge in [0.05, 0.1) is 20.5 Å². The van der Waals surface area contributed by atoms with Crippen LogP contribution in [0.25, 0.3) is 0 Å². The molecule has 0 saturated carbocycles. The van der Waals surface area contributed by atoms with E-state index in [9.17, 15) is 8.42 Å². The van der Waals surface area contributed by atoms with Gasteiger partial charge in [-0.25, -0.2) is 13.4 Å². The first-order valence-corrected chi connectivity index (χ1v) is 9.45. The van der Waals surface area contributed by atoms with Crippen LogP contribution in [0.2, 0.25) is 5.02 Å². The number of nitrogens with one attached hydrogen (secondary N) is 1. The molecule has 0 unspecified atom stereocenters. The van der Waals surface area contributed by atoms with E-state index in [0.717, 1.165) is 0 Å². The van der Waals surface area contributed by atoms with Crippen molar-refractivity contribution in [2.45, 2.75) is 9.79 Å². The summed E-state index contributed by atoms with van der Waals surface area (Å²) in [6, 6.07) is 12.5. The molecular weight excluding hydrogens is 354 g/mol. The van der Waals surface area contributed by atoms with Crippen molar-refractivity contribution in [2.24, 2.45) is 4.99 Å². The Kier molecular flexibility index (Phi) is 5.66. The van der Waals surface area contributed by atoms with E-state index in [-0.39, 0.29) is 14.8 Å². The molecule has 0 fully saturated rings. The molecule has 0 radical (unpaired) electrons. The lowest BCUT2D eigenvalue weighted by Crippen LogP contribution is -2.12. The minimum Gasteiger partial charge on any atom is -0.271 e. The second kappa shape index (κ2) is 7.51. The second-order valence-electron chi connectivity index (χ2n) is 4.29. The molecule has 0 saturated heterocycles. The minimum atomic E-state index is -3.68. The predicted molar refractivity (Wildman–Crippen MR) is 92.7 cm³/mol. The number of amidine groups is 1. The third-order valence-corrected chi connectivity index (χ3v) is 5.68. The second-order valence-corrected chi connectivity index (χ2v) is 7.41. The topological polar surface area (TPSA) is 82.3 Å². The molecule has 0 atom stereocenters. The molecule has 8 heteroatoms. The summed E-state index contributed by atoms with van der Waals surface area (Å²) >= 11 is 7.38. The number of hydrogen-bond donors (Lipinski definition) is 1. The molecule has 1 N–H and O–H groups in total. The molecule has 118 valence electrons. The third kappa shape index (κ3) is 4.05. The smallest absolute Gasteiger partial charge is 0.208 e. The molecule has 2 rings (SSSR count). The van der Waals surface area contributed by atoms with Crippen molar-refractivity contribution in [3.05, 3.63) is 53.6 Å². The van der Waals surface area contributed by atoms with Gasteiger partial charge < -0.3 is 0 Å². The number of thioether (sulfide) groups is 1. The number of rotatable bonds is 3. The Bertz CT molecular complexity index is 875. The van der Waals surface area contributed by atoms with Gasteiger partial charge in [-0.3, -0.25) is 5.32 Å². The first kappa shape index (κ1) is 17.3. The van der Waals surface area contributed by atoms with E-state index in [0.29, 0.717) is 10.9 Å². The summed E-state index contributed by atoms with van der Waals surface area (Å²) < 4.78 is 25.1. The normalized spacial score (nSPS) is 11.8. The van der Waals surface area contributed by atoms with Gasteiger partial charge in [0, 0.05) is 0 Å². The fourth-order valence-corrected chi connectivity index (χ4v) is 3.95. The lowest BCUT2D eigenvalue weighted by molar-refractivity contribution is 0.596. The molecule has 0 amide bonds. The highest BCUT2D eigenvalue weighted by atomic mass is 35.5. The van der Waals surface area contributed by atoms with Crippen LogP contribution in [0.1, 0.15) is 0 Å². The Labute approximate surface area is 143 Å². The van der Waals surface area contributed by atoms with Crippen molar-refractivity contribution < 1.29 is 8.42 Å². The zero-order valence-corrected chi connectivity index (χ0v) is 14.4. The lowest BCUT2D eigenvalue weighted by atomic mass is 10.3. The maximum atomic E-state index is 12.6. The fourth-order valence-electron chi connectivity index (χ4n) is 1.79. The molecule has 0 bridgehead atoms. The monoisotopic (exact) mass is 365 g/mol. The van der Waals surface area contributed by atoms with E-state index in [1.165, 1.54) is 42.1 Å². The molecular formula is C15H12ClN3O2S2. The van der Waals surface area contributed by atoms with E-state index in [4.69, 9.17) is 16.9 Å². The van der Waals surface area contributed by atoms with E-state index >= 15 is 0 Å². The van der Waals surface area contributed by atoms with Crippen molar-refractivity contribution in [3.8, 4) is 6.19 Å². The molecule has 0 aromatic heterocycles. The van der Waals surface area contributed by atoms with Crippen LogP contribution < -0.4 is 5.32 Å².